The number of nitrogen functional groups attached to an aromatic ring is 1. The summed E-state index contributed by atoms with van der Waals surface area (Å²) < 4.78 is 20.2. The molecule has 4 N–H and O–H groups in total. The molecular formula is C10H13ClFN3O4. The fourth-order valence-corrected chi connectivity index (χ4v) is 2.24. The Bertz CT molecular complexity index is 522. The Balaban J connectivity index is 2.39. The van der Waals surface area contributed by atoms with Crippen LogP contribution >= 0.6 is 11.6 Å². The molecule has 0 radical (unpaired) electrons. The third-order valence-corrected chi connectivity index (χ3v) is 3.54. The molecule has 1 aromatic rings. The van der Waals surface area contributed by atoms with Crippen LogP contribution in [0.1, 0.15) is 6.23 Å². The first-order valence-corrected chi connectivity index (χ1v) is 6.00. The number of hydrogen-bond donors (Lipinski definition) is 3. The van der Waals surface area contributed by atoms with Gasteiger partial charge < -0.3 is 20.7 Å². The molecule has 0 aromatic carbocycles. The first-order valence-electron chi connectivity index (χ1n) is 5.46. The lowest BCUT2D eigenvalue weighted by molar-refractivity contribution is -0.115. The summed E-state index contributed by atoms with van der Waals surface area (Å²) in [5.74, 6) is -0.334. The monoisotopic (exact) mass is 293 g/mol. The second-order valence-electron chi connectivity index (χ2n) is 4.30. The molecule has 4 atom stereocenters. The summed E-state index contributed by atoms with van der Waals surface area (Å²) in [5, 5.41) is 19.0. The lowest BCUT2D eigenvalue weighted by atomic mass is 9.99. The molecule has 1 aromatic heterocycles. The Morgan fingerprint density at radius 2 is 2.37 bits per heavy atom. The van der Waals surface area contributed by atoms with Crippen LogP contribution in [0.15, 0.2) is 17.1 Å². The number of aromatic nitrogens is 2. The molecule has 0 bridgehead atoms. The Labute approximate surface area is 112 Å². The van der Waals surface area contributed by atoms with E-state index in [2.05, 4.69) is 4.98 Å². The van der Waals surface area contributed by atoms with Gasteiger partial charge in [-0.05, 0) is 6.07 Å². The van der Waals surface area contributed by atoms with E-state index in [-0.39, 0.29) is 11.7 Å². The van der Waals surface area contributed by atoms with Crippen LogP contribution in [-0.2, 0) is 4.74 Å². The number of halogens is 2. The predicted molar refractivity (Wildman–Crippen MR) is 64.5 cm³/mol. The topological polar surface area (TPSA) is 111 Å². The minimum absolute atomic E-state index is 0.0130. The Hall–Kier alpha value is -1.22. The van der Waals surface area contributed by atoms with E-state index in [0.29, 0.717) is 0 Å². The van der Waals surface area contributed by atoms with Gasteiger partial charge in [0.25, 0.3) is 0 Å². The number of hydrogen-bond acceptors (Lipinski definition) is 6. The van der Waals surface area contributed by atoms with Crippen LogP contribution in [0.4, 0.5) is 10.2 Å². The highest BCUT2D eigenvalue weighted by Crippen LogP contribution is 2.39. The van der Waals surface area contributed by atoms with E-state index < -0.39 is 36.4 Å². The van der Waals surface area contributed by atoms with Crippen LogP contribution < -0.4 is 11.4 Å². The summed E-state index contributed by atoms with van der Waals surface area (Å²) >= 11 is 5.61. The number of anilines is 1. The van der Waals surface area contributed by atoms with Crippen molar-refractivity contribution >= 4 is 17.4 Å². The highest BCUT2D eigenvalue weighted by atomic mass is 35.5. The highest BCUT2D eigenvalue weighted by Gasteiger charge is 2.55. The second kappa shape index (κ2) is 5.04. The van der Waals surface area contributed by atoms with Crippen molar-refractivity contribution in [1.82, 2.24) is 9.55 Å². The average molecular weight is 294 g/mol. The third-order valence-electron chi connectivity index (χ3n) is 3.09. The maximum absolute atomic E-state index is 14.1. The van der Waals surface area contributed by atoms with E-state index in [1.54, 1.807) is 0 Å². The number of aliphatic hydroxyl groups is 2. The quantitative estimate of drug-likeness (QED) is 0.618. The van der Waals surface area contributed by atoms with Gasteiger partial charge in [0.2, 0.25) is 0 Å². The van der Waals surface area contributed by atoms with Crippen molar-refractivity contribution in [3.05, 3.63) is 22.7 Å². The third kappa shape index (κ3) is 2.20. The molecule has 2 heterocycles. The molecule has 0 amide bonds. The number of ether oxygens (including phenoxy) is 1. The molecule has 0 saturated carbocycles. The molecule has 2 rings (SSSR count). The van der Waals surface area contributed by atoms with Crippen molar-refractivity contribution in [2.24, 2.45) is 0 Å². The molecule has 0 aliphatic carbocycles. The number of alkyl halides is 2. The number of nitrogens with two attached hydrogens (primary N) is 1. The summed E-state index contributed by atoms with van der Waals surface area (Å²) in [4.78, 5) is 15.1. The molecule has 1 saturated heterocycles. The van der Waals surface area contributed by atoms with E-state index in [1.807, 2.05) is 0 Å². The molecule has 1 fully saturated rings. The minimum atomic E-state index is -1.92. The molecular weight excluding hydrogens is 281 g/mol. The zero-order valence-corrected chi connectivity index (χ0v) is 10.5. The van der Waals surface area contributed by atoms with Crippen molar-refractivity contribution in [2.45, 2.75) is 24.1 Å². The number of rotatable bonds is 3. The van der Waals surface area contributed by atoms with Crippen LogP contribution in [0, 0.1) is 0 Å². The van der Waals surface area contributed by atoms with Crippen molar-refractivity contribution in [3.8, 4) is 0 Å². The fourth-order valence-electron chi connectivity index (χ4n) is 1.93. The lowest BCUT2D eigenvalue weighted by Crippen LogP contribution is -2.47. The van der Waals surface area contributed by atoms with Gasteiger partial charge in [0, 0.05) is 6.20 Å². The van der Waals surface area contributed by atoms with E-state index in [9.17, 15) is 19.4 Å². The molecule has 106 valence electrons. The summed E-state index contributed by atoms with van der Waals surface area (Å²) in [6.45, 7) is -0.675. The second-order valence-corrected chi connectivity index (χ2v) is 4.56. The van der Waals surface area contributed by atoms with E-state index in [0.717, 1.165) is 4.57 Å². The normalized spacial score (nSPS) is 34.6. The van der Waals surface area contributed by atoms with Gasteiger partial charge in [-0.1, -0.05) is 0 Å². The SMILES string of the molecule is Nc1ccn(C2O[C@@](CO)(CCl)[C@@H](O)[C@H]2F)c(=O)n1. The summed E-state index contributed by atoms with van der Waals surface area (Å²) in [6.07, 6.45) is -3.78. The lowest BCUT2D eigenvalue weighted by Gasteiger charge is -2.26. The van der Waals surface area contributed by atoms with Crippen LogP contribution in [0.3, 0.4) is 0 Å². The molecule has 1 aliphatic rings. The van der Waals surface area contributed by atoms with Gasteiger partial charge >= 0.3 is 5.69 Å². The van der Waals surface area contributed by atoms with E-state index in [1.165, 1.54) is 12.3 Å². The van der Waals surface area contributed by atoms with Gasteiger partial charge in [0.1, 0.15) is 17.5 Å². The van der Waals surface area contributed by atoms with Crippen molar-refractivity contribution in [2.75, 3.05) is 18.2 Å². The standard InChI is InChI=1S/C10H13ClFN3O4/c11-3-10(4-16)7(17)6(12)8(19-10)15-2-1-5(13)14-9(15)18/h1-2,6-8,16-17H,3-4H2,(H2,13,14,18)/t6-,7+,8?,10-/m1/s1. The van der Waals surface area contributed by atoms with Crippen molar-refractivity contribution in [3.63, 3.8) is 0 Å². The maximum Gasteiger partial charge on any atom is 0.351 e. The first kappa shape index (κ1) is 14.2. The molecule has 0 spiro atoms. The first-order chi connectivity index (χ1) is 8.95. The predicted octanol–water partition coefficient (Wildman–Crippen LogP) is -0.977. The van der Waals surface area contributed by atoms with Gasteiger partial charge in [-0.2, -0.15) is 4.98 Å². The Morgan fingerprint density at radius 1 is 1.68 bits per heavy atom. The minimum Gasteiger partial charge on any atom is -0.393 e. The Morgan fingerprint density at radius 3 is 2.84 bits per heavy atom. The zero-order chi connectivity index (χ0) is 14.2. The molecule has 19 heavy (non-hydrogen) atoms. The van der Waals surface area contributed by atoms with Crippen molar-refractivity contribution in [1.29, 1.82) is 0 Å². The van der Waals surface area contributed by atoms with Gasteiger partial charge in [0.05, 0.1) is 12.5 Å². The van der Waals surface area contributed by atoms with Crippen LogP contribution in [0.5, 0.6) is 0 Å². The molecule has 9 heteroatoms. The molecule has 1 unspecified atom stereocenters. The van der Waals surface area contributed by atoms with Gasteiger partial charge in [-0.3, -0.25) is 4.57 Å². The smallest absolute Gasteiger partial charge is 0.351 e. The zero-order valence-electron chi connectivity index (χ0n) is 9.74. The summed E-state index contributed by atoms with van der Waals surface area (Å²) in [7, 11) is 0. The Kier molecular flexibility index (Phi) is 3.77. The summed E-state index contributed by atoms with van der Waals surface area (Å²) in [6, 6.07) is 1.30. The molecule has 7 nitrogen and oxygen atoms in total. The van der Waals surface area contributed by atoms with Gasteiger partial charge in [-0.25, -0.2) is 9.18 Å². The fraction of sp³-hybridized carbons (Fsp3) is 0.600. The van der Waals surface area contributed by atoms with Crippen molar-refractivity contribution < 1.29 is 19.3 Å². The van der Waals surface area contributed by atoms with Crippen LogP contribution in [0.2, 0.25) is 0 Å². The van der Waals surface area contributed by atoms with Gasteiger partial charge in [0.15, 0.2) is 12.4 Å². The maximum atomic E-state index is 14.1. The van der Waals surface area contributed by atoms with E-state index >= 15 is 0 Å². The van der Waals surface area contributed by atoms with Crippen LogP contribution in [0.25, 0.3) is 0 Å². The van der Waals surface area contributed by atoms with Gasteiger partial charge in [-0.15, -0.1) is 11.6 Å². The number of nitrogens with zero attached hydrogens (tertiary/aromatic N) is 2. The van der Waals surface area contributed by atoms with E-state index in [4.69, 9.17) is 22.1 Å². The highest BCUT2D eigenvalue weighted by molar-refractivity contribution is 6.18. The van der Waals surface area contributed by atoms with Crippen LogP contribution in [-0.4, -0.2) is 50.1 Å². The average Bonchev–Trinajstić information content (AvgIpc) is 2.64. The number of aliphatic hydroxyl groups excluding tert-OH is 2. The molecule has 1 aliphatic heterocycles. The largest absolute Gasteiger partial charge is 0.393 e. The summed E-state index contributed by atoms with van der Waals surface area (Å²) in [5.41, 5.74) is 2.86.